The van der Waals surface area contributed by atoms with Crippen molar-refractivity contribution < 1.29 is 14.0 Å². The first-order valence-electron chi connectivity index (χ1n) is 6.45. The Kier molecular flexibility index (Phi) is 4.14. The van der Waals surface area contributed by atoms with Crippen LogP contribution < -0.4 is 10.2 Å². The molecule has 1 N–H and O–H groups in total. The topological polar surface area (TPSA) is 49.4 Å². The molecule has 0 saturated carbocycles. The molecule has 4 nitrogen and oxygen atoms in total. The zero-order valence-corrected chi connectivity index (χ0v) is 10.9. The fourth-order valence-electron chi connectivity index (χ4n) is 2.27. The standard InChI is InChI=1S/C14H17FN2O2/c1-2-17(12-5-3-4-11(15)8-12)14(19)10-6-7-13(18)16-9-10/h3-5,8,10H,2,6-7,9H2,1H3,(H,16,18). The van der Waals surface area contributed by atoms with Crippen LogP contribution in [0.3, 0.4) is 0 Å². The summed E-state index contributed by atoms with van der Waals surface area (Å²) in [5.41, 5.74) is 0.560. The second-order valence-electron chi connectivity index (χ2n) is 4.60. The monoisotopic (exact) mass is 264 g/mol. The highest BCUT2D eigenvalue weighted by molar-refractivity contribution is 5.96. The first kappa shape index (κ1) is 13.5. The van der Waals surface area contributed by atoms with Gasteiger partial charge < -0.3 is 10.2 Å². The molecule has 1 heterocycles. The Labute approximate surface area is 111 Å². The average molecular weight is 264 g/mol. The van der Waals surface area contributed by atoms with Crippen LogP contribution in [0.25, 0.3) is 0 Å². The molecule has 102 valence electrons. The molecule has 1 aliphatic heterocycles. The second kappa shape index (κ2) is 5.82. The summed E-state index contributed by atoms with van der Waals surface area (Å²) in [5, 5.41) is 2.69. The highest BCUT2D eigenvalue weighted by Gasteiger charge is 2.28. The number of benzene rings is 1. The number of halogens is 1. The molecule has 5 heteroatoms. The zero-order valence-electron chi connectivity index (χ0n) is 10.9. The largest absolute Gasteiger partial charge is 0.355 e. The van der Waals surface area contributed by atoms with Gasteiger partial charge in [-0.25, -0.2) is 4.39 Å². The Morgan fingerprint density at radius 1 is 1.53 bits per heavy atom. The molecule has 2 amide bonds. The summed E-state index contributed by atoms with van der Waals surface area (Å²) in [6.45, 7) is 2.69. The summed E-state index contributed by atoms with van der Waals surface area (Å²) < 4.78 is 13.2. The second-order valence-corrected chi connectivity index (χ2v) is 4.60. The van der Waals surface area contributed by atoms with Crippen LogP contribution in [0.1, 0.15) is 19.8 Å². The van der Waals surface area contributed by atoms with E-state index in [2.05, 4.69) is 5.32 Å². The molecule has 1 fully saturated rings. The van der Waals surface area contributed by atoms with Gasteiger partial charge in [0, 0.05) is 25.2 Å². The molecule has 1 unspecified atom stereocenters. The van der Waals surface area contributed by atoms with E-state index < -0.39 is 0 Å². The molecule has 19 heavy (non-hydrogen) atoms. The van der Waals surface area contributed by atoms with E-state index in [0.29, 0.717) is 31.6 Å². The molecule has 1 aliphatic rings. The molecule has 1 aromatic carbocycles. The van der Waals surface area contributed by atoms with E-state index in [1.165, 1.54) is 12.1 Å². The Hall–Kier alpha value is -1.91. The number of piperidine rings is 1. The Morgan fingerprint density at radius 2 is 2.32 bits per heavy atom. The summed E-state index contributed by atoms with van der Waals surface area (Å²) in [6.07, 6.45) is 0.924. The summed E-state index contributed by atoms with van der Waals surface area (Å²) in [5.74, 6) is -0.660. The van der Waals surface area contributed by atoms with Crippen LogP contribution in [0, 0.1) is 11.7 Å². The smallest absolute Gasteiger partial charge is 0.231 e. The third-order valence-corrected chi connectivity index (χ3v) is 3.32. The van der Waals surface area contributed by atoms with E-state index >= 15 is 0 Å². The van der Waals surface area contributed by atoms with Crippen LogP contribution in [0.5, 0.6) is 0 Å². The van der Waals surface area contributed by atoms with Gasteiger partial charge in [-0.05, 0) is 31.5 Å². The number of anilines is 1. The maximum Gasteiger partial charge on any atom is 0.231 e. The number of rotatable bonds is 3. The van der Waals surface area contributed by atoms with E-state index in [1.807, 2.05) is 6.92 Å². The highest BCUT2D eigenvalue weighted by atomic mass is 19.1. The van der Waals surface area contributed by atoms with Crippen molar-refractivity contribution in [1.29, 1.82) is 0 Å². The number of nitrogens with one attached hydrogen (secondary N) is 1. The summed E-state index contributed by atoms with van der Waals surface area (Å²) in [6, 6.07) is 6.00. The molecule has 1 atom stereocenters. The molecule has 1 aromatic rings. The van der Waals surface area contributed by atoms with Crippen molar-refractivity contribution in [1.82, 2.24) is 5.32 Å². The fourth-order valence-corrected chi connectivity index (χ4v) is 2.27. The van der Waals surface area contributed by atoms with Crippen molar-refractivity contribution in [2.45, 2.75) is 19.8 Å². The molecular formula is C14H17FN2O2. The first-order chi connectivity index (χ1) is 9.11. The van der Waals surface area contributed by atoms with Gasteiger partial charge in [0.1, 0.15) is 5.82 Å². The fraction of sp³-hybridized carbons (Fsp3) is 0.429. The lowest BCUT2D eigenvalue weighted by molar-refractivity contribution is -0.127. The van der Waals surface area contributed by atoms with E-state index in [1.54, 1.807) is 17.0 Å². The van der Waals surface area contributed by atoms with Crippen LogP contribution >= 0.6 is 0 Å². The summed E-state index contributed by atoms with van der Waals surface area (Å²) in [7, 11) is 0. The third kappa shape index (κ3) is 3.10. The number of hydrogen-bond donors (Lipinski definition) is 1. The van der Waals surface area contributed by atoms with E-state index in [9.17, 15) is 14.0 Å². The summed E-state index contributed by atoms with van der Waals surface area (Å²) >= 11 is 0. The number of amides is 2. The quantitative estimate of drug-likeness (QED) is 0.903. The molecule has 0 bridgehead atoms. The molecule has 0 aromatic heterocycles. The van der Waals surface area contributed by atoms with Crippen LogP contribution in [0.4, 0.5) is 10.1 Å². The van der Waals surface area contributed by atoms with Crippen LogP contribution in [0.2, 0.25) is 0 Å². The van der Waals surface area contributed by atoms with Crippen molar-refractivity contribution >= 4 is 17.5 Å². The number of carbonyl (C=O) groups is 2. The number of nitrogens with zero attached hydrogens (tertiary/aromatic N) is 1. The van der Waals surface area contributed by atoms with Gasteiger partial charge in [-0.1, -0.05) is 6.07 Å². The van der Waals surface area contributed by atoms with E-state index in [4.69, 9.17) is 0 Å². The lowest BCUT2D eigenvalue weighted by atomic mass is 9.97. The van der Waals surface area contributed by atoms with Gasteiger partial charge in [0.25, 0.3) is 0 Å². The van der Waals surface area contributed by atoms with Crippen molar-refractivity contribution in [2.24, 2.45) is 5.92 Å². The molecule has 1 saturated heterocycles. The van der Waals surface area contributed by atoms with Gasteiger partial charge >= 0.3 is 0 Å². The van der Waals surface area contributed by atoms with Gasteiger partial charge in [-0.2, -0.15) is 0 Å². The molecular weight excluding hydrogens is 247 g/mol. The Morgan fingerprint density at radius 3 is 2.89 bits per heavy atom. The van der Waals surface area contributed by atoms with Crippen molar-refractivity contribution in [3.63, 3.8) is 0 Å². The molecule has 0 aliphatic carbocycles. The number of carbonyl (C=O) groups excluding carboxylic acids is 2. The SMILES string of the molecule is CCN(C(=O)C1CCC(=O)NC1)c1cccc(F)c1. The molecule has 0 radical (unpaired) electrons. The van der Waals surface area contributed by atoms with Gasteiger partial charge in [0.2, 0.25) is 11.8 Å². The predicted molar refractivity (Wildman–Crippen MR) is 70.2 cm³/mol. The number of hydrogen-bond acceptors (Lipinski definition) is 2. The van der Waals surface area contributed by atoms with Crippen LogP contribution in [0.15, 0.2) is 24.3 Å². The van der Waals surface area contributed by atoms with E-state index in [0.717, 1.165) is 0 Å². The minimum Gasteiger partial charge on any atom is -0.355 e. The third-order valence-electron chi connectivity index (χ3n) is 3.32. The maximum atomic E-state index is 13.2. The van der Waals surface area contributed by atoms with E-state index in [-0.39, 0.29) is 23.5 Å². The Balaban J connectivity index is 2.13. The van der Waals surface area contributed by atoms with Gasteiger partial charge in [0.15, 0.2) is 0 Å². The van der Waals surface area contributed by atoms with Gasteiger partial charge in [0.05, 0.1) is 5.92 Å². The van der Waals surface area contributed by atoms with Crippen molar-refractivity contribution in [3.8, 4) is 0 Å². The van der Waals surface area contributed by atoms with Gasteiger partial charge in [-0.3, -0.25) is 9.59 Å². The summed E-state index contributed by atoms with van der Waals surface area (Å²) in [4.78, 5) is 25.1. The predicted octanol–water partition coefficient (Wildman–Crippen LogP) is 1.70. The molecule has 2 rings (SSSR count). The van der Waals surface area contributed by atoms with Crippen LogP contribution in [-0.2, 0) is 9.59 Å². The van der Waals surface area contributed by atoms with Crippen molar-refractivity contribution in [2.75, 3.05) is 18.0 Å². The molecule has 0 spiro atoms. The minimum atomic E-state index is -0.360. The Bertz CT molecular complexity index is 480. The maximum absolute atomic E-state index is 13.2. The van der Waals surface area contributed by atoms with Crippen LogP contribution in [-0.4, -0.2) is 24.9 Å². The highest BCUT2D eigenvalue weighted by Crippen LogP contribution is 2.21. The minimum absolute atomic E-state index is 0.0159. The van der Waals surface area contributed by atoms with Crippen molar-refractivity contribution in [3.05, 3.63) is 30.1 Å². The zero-order chi connectivity index (χ0) is 13.8. The lowest BCUT2D eigenvalue weighted by Gasteiger charge is -2.28. The average Bonchev–Trinajstić information content (AvgIpc) is 2.40. The first-order valence-corrected chi connectivity index (χ1v) is 6.45. The lowest BCUT2D eigenvalue weighted by Crippen LogP contribution is -2.45. The van der Waals surface area contributed by atoms with Gasteiger partial charge in [-0.15, -0.1) is 0 Å². The normalized spacial score (nSPS) is 18.8.